The predicted molar refractivity (Wildman–Crippen MR) is 77.8 cm³/mol. The minimum absolute atomic E-state index is 0.310. The third-order valence-corrected chi connectivity index (χ3v) is 7.21. The van der Waals surface area contributed by atoms with Gasteiger partial charge in [0, 0.05) is 30.6 Å². The van der Waals surface area contributed by atoms with Crippen molar-refractivity contribution in [2.45, 2.75) is 30.1 Å². The van der Waals surface area contributed by atoms with Gasteiger partial charge >= 0.3 is 0 Å². The van der Waals surface area contributed by atoms with E-state index in [1.54, 1.807) is 10.4 Å². The Morgan fingerprint density at radius 3 is 2.68 bits per heavy atom. The molecule has 2 rings (SSSR count). The summed E-state index contributed by atoms with van der Waals surface area (Å²) in [5.41, 5.74) is 6.58. The number of nitrogens with zero attached hydrogens (tertiary/aromatic N) is 2. The summed E-state index contributed by atoms with van der Waals surface area (Å²) in [5, 5.41) is 0. The summed E-state index contributed by atoms with van der Waals surface area (Å²) in [5.74, 6) is 0. The van der Waals surface area contributed by atoms with Crippen LogP contribution in [0.15, 0.2) is 10.3 Å². The lowest BCUT2D eigenvalue weighted by Crippen LogP contribution is -2.34. The fraction of sp³-hybridized carbons (Fsp3) is 0.667. The van der Waals surface area contributed by atoms with Gasteiger partial charge in [0.15, 0.2) is 0 Å². The zero-order chi connectivity index (χ0) is 14.2. The van der Waals surface area contributed by atoms with E-state index in [0.29, 0.717) is 29.9 Å². The maximum atomic E-state index is 12.6. The molecule has 1 saturated heterocycles. The van der Waals surface area contributed by atoms with Crippen molar-refractivity contribution in [2.75, 3.05) is 27.2 Å². The molecule has 0 aliphatic carbocycles. The molecule has 108 valence electrons. The topological polar surface area (TPSA) is 66.6 Å². The van der Waals surface area contributed by atoms with Crippen LogP contribution < -0.4 is 5.73 Å². The van der Waals surface area contributed by atoms with Crippen LogP contribution in [0, 0.1) is 6.92 Å². The highest BCUT2D eigenvalue weighted by Gasteiger charge is 2.34. The van der Waals surface area contributed by atoms with Crippen molar-refractivity contribution in [1.29, 1.82) is 0 Å². The van der Waals surface area contributed by atoms with E-state index in [9.17, 15) is 8.42 Å². The number of hydrogen-bond acceptors (Lipinski definition) is 5. The smallest absolute Gasteiger partial charge is 0.252 e. The van der Waals surface area contributed by atoms with Crippen LogP contribution in [0.1, 0.15) is 16.9 Å². The zero-order valence-corrected chi connectivity index (χ0v) is 13.2. The summed E-state index contributed by atoms with van der Waals surface area (Å²) >= 11 is 1.29. The Hall–Kier alpha value is -0.470. The van der Waals surface area contributed by atoms with Gasteiger partial charge in [-0.15, -0.1) is 11.3 Å². The van der Waals surface area contributed by atoms with Gasteiger partial charge in [-0.1, -0.05) is 0 Å². The third kappa shape index (κ3) is 2.85. The fourth-order valence-electron chi connectivity index (χ4n) is 2.30. The summed E-state index contributed by atoms with van der Waals surface area (Å²) < 4.78 is 27.1. The van der Waals surface area contributed by atoms with Gasteiger partial charge in [-0.3, -0.25) is 0 Å². The van der Waals surface area contributed by atoms with E-state index in [4.69, 9.17) is 5.73 Å². The second-order valence-corrected chi connectivity index (χ2v) is 8.45. The molecule has 0 radical (unpaired) electrons. The molecule has 1 aromatic heterocycles. The summed E-state index contributed by atoms with van der Waals surface area (Å²) in [6.45, 7) is 3.47. The summed E-state index contributed by atoms with van der Waals surface area (Å²) in [6.07, 6.45) is 0.889. The van der Waals surface area contributed by atoms with Crippen molar-refractivity contribution < 1.29 is 8.42 Å². The van der Waals surface area contributed by atoms with Crippen LogP contribution in [-0.2, 0) is 16.6 Å². The van der Waals surface area contributed by atoms with Gasteiger partial charge in [0.1, 0.15) is 4.21 Å². The lowest BCUT2D eigenvalue weighted by molar-refractivity contribution is 0.302. The Kier molecular flexibility index (Phi) is 4.32. The molecular weight excluding hydrogens is 282 g/mol. The monoisotopic (exact) mass is 303 g/mol. The van der Waals surface area contributed by atoms with E-state index < -0.39 is 10.0 Å². The van der Waals surface area contributed by atoms with Crippen LogP contribution in [0.3, 0.4) is 0 Å². The Morgan fingerprint density at radius 2 is 2.21 bits per heavy atom. The highest BCUT2D eigenvalue weighted by Crippen LogP contribution is 2.30. The van der Waals surface area contributed by atoms with E-state index in [2.05, 4.69) is 4.90 Å². The normalized spacial score (nSPS) is 21.4. The molecule has 19 heavy (non-hydrogen) atoms. The molecule has 1 atom stereocenters. The van der Waals surface area contributed by atoms with Gasteiger partial charge in [0.05, 0.1) is 0 Å². The number of rotatable bonds is 4. The molecule has 0 spiro atoms. The van der Waals surface area contributed by atoms with Crippen LogP contribution in [-0.4, -0.2) is 50.8 Å². The quantitative estimate of drug-likeness (QED) is 0.895. The van der Waals surface area contributed by atoms with Crippen LogP contribution in [0.25, 0.3) is 0 Å². The molecule has 0 amide bonds. The van der Waals surface area contributed by atoms with Crippen molar-refractivity contribution >= 4 is 21.4 Å². The lowest BCUT2D eigenvalue weighted by atomic mass is 10.2. The molecule has 5 nitrogen and oxygen atoms in total. The lowest BCUT2D eigenvalue weighted by Gasteiger charge is -2.19. The number of aryl methyl sites for hydroxylation is 1. The maximum absolute atomic E-state index is 12.6. The first-order valence-corrected chi connectivity index (χ1v) is 8.58. The number of thiophene rings is 1. The zero-order valence-electron chi connectivity index (χ0n) is 11.6. The highest BCUT2D eigenvalue weighted by molar-refractivity contribution is 7.91. The van der Waals surface area contributed by atoms with Crippen LogP contribution in [0.5, 0.6) is 0 Å². The van der Waals surface area contributed by atoms with Gasteiger partial charge in [0.2, 0.25) is 0 Å². The first-order valence-electron chi connectivity index (χ1n) is 6.32. The fourth-order valence-corrected chi connectivity index (χ4v) is 5.41. The Balaban J connectivity index is 2.23. The number of likely N-dealkylation sites (N-methyl/N-ethyl adjacent to an activating group) is 1. The molecule has 1 unspecified atom stereocenters. The average Bonchev–Trinajstić information content (AvgIpc) is 2.95. The van der Waals surface area contributed by atoms with Crippen molar-refractivity contribution in [1.82, 2.24) is 9.21 Å². The Labute approximate surface area is 119 Å². The SMILES string of the molecule is Cc1cc(S(=O)(=O)N2CCC(N(C)C)C2)sc1CN. The first kappa shape index (κ1) is 14.9. The standard InChI is InChI=1S/C12H21N3O2S2/c1-9-6-12(18-11(9)7-13)19(16,17)15-5-4-10(8-15)14(2)3/h6,10H,4-5,7-8,13H2,1-3H3. The highest BCUT2D eigenvalue weighted by atomic mass is 32.2. The van der Waals surface area contributed by atoms with Crippen LogP contribution in [0.2, 0.25) is 0 Å². The van der Waals surface area contributed by atoms with Crippen molar-refractivity contribution in [3.63, 3.8) is 0 Å². The van der Waals surface area contributed by atoms with E-state index in [1.165, 1.54) is 11.3 Å². The third-order valence-electron chi connectivity index (χ3n) is 3.63. The van der Waals surface area contributed by atoms with E-state index in [1.807, 2.05) is 21.0 Å². The molecule has 1 fully saturated rings. The number of hydrogen-bond donors (Lipinski definition) is 1. The summed E-state index contributed by atoms with van der Waals surface area (Å²) in [7, 11) is 0.630. The number of nitrogens with two attached hydrogens (primary N) is 1. The molecule has 1 aliphatic heterocycles. The van der Waals surface area contributed by atoms with Crippen molar-refractivity contribution in [2.24, 2.45) is 5.73 Å². The van der Waals surface area contributed by atoms with Crippen LogP contribution in [0.4, 0.5) is 0 Å². The number of sulfonamides is 1. The largest absolute Gasteiger partial charge is 0.326 e. The molecular formula is C12H21N3O2S2. The maximum Gasteiger partial charge on any atom is 0.252 e. The van der Waals surface area contributed by atoms with Gasteiger partial charge in [-0.2, -0.15) is 4.31 Å². The first-order chi connectivity index (χ1) is 8.86. The minimum Gasteiger partial charge on any atom is -0.326 e. The minimum atomic E-state index is -3.35. The van der Waals surface area contributed by atoms with E-state index in [-0.39, 0.29) is 0 Å². The molecule has 0 bridgehead atoms. The van der Waals surface area contributed by atoms with Gasteiger partial charge in [-0.25, -0.2) is 8.42 Å². The van der Waals surface area contributed by atoms with Gasteiger partial charge in [-0.05, 0) is 39.1 Å². The average molecular weight is 303 g/mol. The molecule has 7 heteroatoms. The van der Waals surface area contributed by atoms with Crippen molar-refractivity contribution in [3.05, 3.63) is 16.5 Å². The molecule has 2 heterocycles. The van der Waals surface area contributed by atoms with Gasteiger partial charge < -0.3 is 10.6 Å². The van der Waals surface area contributed by atoms with Crippen molar-refractivity contribution in [3.8, 4) is 0 Å². The molecule has 1 aromatic rings. The molecule has 0 aromatic carbocycles. The van der Waals surface area contributed by atoms with E-state index in [0.717, 1.165) is 16.9 Å². The molecule has 1 aliphatic rings. The Morgan fingerprint density at radius 1 is 1.53 bits per heavy atom. The Bertz CT molecular complexity index is 551. The van der Waals surface area contributed by atoms with Crippen LogP contribution >= 0.6 is 11.3 Å². The van der Waals surface area contributed by atoms with Gasteiger partial charge in [0.25, 0.3) is 10.0 Å². The molecule has 0 saturated carbocycles. The summed E-state index contributed by atoms with van der Waals surface area (Å²) in [6, 6.07) is 2.05. The second kappa shape index (κ2) is 5.49. The van der Waals surface area contributed by atoms with E-state index >= 15 is 0 Å². The predicted octanol–water partition coefficient (Wildman–Crippen LogP) is 0.840. The summed E-state index contributed by atoms with van der Waals surface area (Å²) in [4.78, 5) is 3.03. The second-order valence-electron chi connectivity index (χ2n) is 5.14. The molecule has 2 N–H and O–H groups in total.